The van der Waals surface area contributed by atoms with E-state index in [0.717, 1.165) is 37.1 Å². The summed E-state index contributed by atoms with van der Waals surface area (Å²) in [6, 6.07) is 8.35. The van der Waals surface area contributed by atoms with Crippen LogP contribution < -0.4 is 11.1 Å². The molecule has 3 nitrogen and oxygen atoms in total. The number of hydrogen-bond donors (Lipinski definition) is 2. The van der Waals surface area contributed by atoms with Crippen LogP contribution in [0, 0.1) is 5.92 Å². The number of thioether (sulfide) groups is 1. The van der Waals surface area contributed by atoms with E-state index < -0.39 is 0 Å². The minimum absolute atomic E-state index is 0.0890. The Morgan fingerprint density at radius 2 is 2.11 bits per heavy atom. The molecule has 1 aliphatic rings. The summed E-state index contributed by atoms with van der Waals surface area (Å²) < 4.78 is 0. The van der Waals surface area contributed by atoms with Gasteiger partial charge >= 0.3 is 0 Å². The molecule has 104 valence electrons. The molecule has 2 unspecified atom stereocenters. The monoisotopic (exact) mass is 278 g/mol. The number of amides is 1. The normalized spacial score (nSPS) is 22.4. The number of nitrogens with two attached hydrogens (primary N) is 1. The number of benzene rings is 1. The van der Waals surface area contributed by atoms with Gasteiger partial charge in [0.2, 0.25) is 5.91 Å². The maximum atomic E-state index is 12.0. The fraction of sp³-hybridized carbons (Fsp3) is 0.533. The van der Waals surface area contributed by atoms with Gasteiger partial charge < -0.3 is 11.1 Å². The molecule has 0 aliphatic heterocycles. The first-order chi connectivity index (χ1) is 9.19. The predicted molar refractivity (Wildman–Crippen MR) is 82.5 cm³/mol. The highest BCUT2D eigenvalue weighted by molar-refractivity contribution is 7.98. The van der Waals surface area contributed by atoms with Gasteiger partial charge in [-0.2, -0.15) is 11.8 Å². The lowest BCUT2D eigenvalue weighted by Gasteiger charge is -2.11. The van der Waals surface area contributed by atoms with Crippen LogP contribution in [0.1, 0.15) is 24.8 Å². The molecule has 0 heterocycles. The lowest BCUT2D eigenvalue weighted by Crippen LogP contribution is -2.23. The van der Waals surface area contributed by atoms with Gasteiger partial charge in [-0.3, -0.25) is 4.79 Å². The summed E-state index contributed by atoms with van der Waals surface area (Å²) in [6.45, 7) is 0. The van der Waals surface area contributed by atoms with Crippen molar-refractivity contribution in [3.05, 3.63) is 29.8 Å². The molecule has 1 amide bonds. The van der Waals surface area contributed by atoms with Crippen LogP contribution in [0.4, 0.5) is 5.69 Å². The highest BCUT2D eigenvalue weighted by Crippen LogP contribution is 2.25. The van der Waals surface area contributed by atoms with Crippen LogP contribution in [0.2, 0.25) is 0 Å². The van der Waals surface area contributed by atoms with E-state index in [0.29, 0.717) is 0 Å². The van der Waals surface area contributed by atoms with E-state index >= 15 is 0 Å². The molecule has 1 aromatic carbocycles. The molecule has 0 radical (unpaired) electrons. The standard InChI is InChI=1S/C15H22N2OS/c1-19-9-8-11-2-6-14(7-3-11)17-15(18)12-4-5-13(16)10-12/h2-3,6-7,12-13H,4-5,8-10,16H2,1H3,(H,17,18). The molecule has 0 saturated heterocycles. The number of nitrogens with one attached hydrogen (secondary N) is 1. The molecule has 2 atom stereocenters. The number of hydrogen-bond acceptors (Lipinski definition) is 3. The lowest BCUT2D eigenvalue weighted by molar-refractivity contribution is -0.119. The van der Waals surface area contributed by atoms with Crippen LogP contribution in [-0.2, 0) is 11.2 Å². The van der Waals surface area contributed by atoms with E-state index in [1.807, 2.05) is 23.9 Å². The number of anilines is 1. The molecule has 1 fully saturated rings. The number of carbonyl (C=O) groups is 1. The molecule has 19 heavy (non-hydrogen) atoms. The first-order valence-electron chi connectivity index (χ1n) is 6.83. The average Bonchev–Trinajstić information content (AvgIpc) is 2.85. The van der Waals surface area contributed by atoms with Crippen molar-refractivity contribution >= 4 is 23.4 Å². The van der Waals surface area contributed by atoms with Gasteiger partial charge in [0.25, 0.3) is 0 Å². The zero-order chi connectivity index (χ0) is 13.7. The van der Waals surface area contributed by atoms with E-state index in [-0.39, 0.29) is 17.9 Å². The molecular formula is C15H22N2OS. The molecule has 3 N–H and O–H groups in total. The fourth-order valence-electron chi connectivity index (χ4n) is 2.47. The summed E-state index contributed by atoms with van der Waals surface area (Å²) in [5.74, 6) is 1.34. The summed E-state index contributed by atoms with van der Waals surface area (Å²) in [5, 5.41) is 2.99. The molecular weight excluding hydrogens is 256 g/mol. The Balaban J connectivity index is 1.87. The number of carbonyl (C=O) groups excluding carboxylic acids is 1. The lowest BCUT2D eigenvalue weighted by atomic mass is 10.1. The van der Waals surface area contributed by atoms with Gasteiger partial charge in [-0.15, -0.1) is 0 Å². The van der Waals surface area contributed by atoms with Crippen LogP contribution in [0.5, 0.6) is 0 Å². The van der Waals surface area contributed by atoms with Gasteiger partial charge in [0.15, 0.2) is 0 Å². The number of aryl methyl sites for hydroxylation is 1. The van der Waals surface area contributed by atoms with E-state index in [1.165, 1.54) is 5.56 Å². The minimum Gasteiger partial charge on any atom is -0.328 e. The Bertz CT molecular complexity index is 419. The smallest absolute Gasteiger partial charge is 0.227 e. The zero-order valence-electron chi connectivity index (χ0n) is 11.4. The van der Waals surface area contributed by atoms with Gasteiger partial charge in [-0.25, -0.2) is 0 Å². The van der Waals surface area contributed by atoms with Crippen molar-refractivity contribution in [2.24, 2.45) is 11.7 Å². The van der Waals surface area contributed by atoms with Crippen molar-refractivity contribution in [3.8, 4) is 0 Å². The topological polar surface area (TPSA) is 55.1 Å². The quantitative estimate of drug-likeness (QED) is 0.870. The van der Waals surface area contributed by atoms with Crippen molar-refractivity contribution in [1.29, 1.82) is 0 Å². The van der Waals surface area contributed by atoms with E-state index in [9.17, 15) is 4.79 Å². The van der Waals surface area contributed by atoms with Crippen molar-refractivity contribution in [3.63, 3.8) is 0 Å². The van der Waals surface area contributed by atoms with E-state index in [1.54, 1.807) is 0 Å². The van der Waals surface area contributed by atoms with Crippen LogP contribution in [0.15, 0.2) is 24.3 Å². The fourth-order valence-corrected chi connectivity index (χ4v) is 2.91. The van der Waals surface area contributed by atoms with E-state index in [2.05, 4.69) is 23.7 Å². The molecule has 0 aromatic heterocycles. The van der Waals surface area contributed by atoms with Crippen molar-refractivity contribution in [2.45, 2.75) is 31.7 Å². The molecule has 4 heteroatoms. The van der Waals surface area contributed by atoms with Crippen molar-refractivity contribution in [2.75, 3.05) is 17.3 Å². The predicted octanol–water partition coefficient (Wildman–Crippen LogP) is 2.66. The molecule has 2 rings (SSSR count). The zero-order valence-corrected chi connectivity index (χ0v) is 12.2. The maximum Gasteiger partial charge on any atom is 0.227 e. The first-order valence-corrected chi connectivity index (χ1v) is 8.22. The Morgan fingerprint density at radius 1 is 1.37 bits per heavy atom. The Labute approximate surface area is 119 Å². The highest BCUT2D eigenvalue weighted by atomic mass is 32.2. The van der Waals surface area contributed by atoms with Crippen LogP contribution in [0.25, 0.3) is 0 Å². The summed E-state index contributed by atoms with van der Waals surface area (Å²) in [7, 11) is 0. The average molecular weight is 278 g/mol. The second-order valence-electron chi connectivity index (χ2n) is 5.20. The van der Waals surface area contributed by atoms with Crippen LogP contribution >= 0.6 is 11.8 Å². The summed E-state index contributed by atoms with van der Waals surface area (Å²) in [4.78, 5) is 12.0. The van der Waals surface area contributed by atoms with Gasteiger partial charge in [-0.1, -0.05) is 12.1 Å². The summed E-state index contributed by atoms with van der Waals surface area (Å²) >= 11 is 1.85. The minimum atomic E-state index is 0.0890. The third-order valence-corrected chi connectivity index (χ3v) is 4.27. The van der Waals surface area contributed by atoms with Gasteiger partial charge in [0.1, 0.15) is 0 Å². The molecule has 1 saturated carbocycles. The molecule has 1 aliphatic carbocycles. The Morgan fingerprint density at radius 3 is 2.68 bits per heavy atom. The Kier molecular flexibility index (Phi) is 5.28. The molecule has 1 aromatic rings. The third kappa shape index (κ3) is 4.25. The SMILES string of the molecule is CSCCc1ccc(NC(=O)C2CCC(N)C2)cc1. The number of rotatable bonds is 5. The third-order valence-electron chi connectivity index (χ3n) is 3.66. The largest absolute Gasteiger partial charge is 0.328 e. The first kappa shape index (κ1) is 14.4. The summed E-state index contributed by atoms with van der Waals surface area (Å²) in [5.41, 5.74) is 8.04. The van der Waals surface area contributed by atoms with Gasteiger partial charge in [0.05, 0.1) is 0 Å². The Hall–Kier alpha value is -1.00. The van der Waals surface area contributed by atoms with Crippen LogP contribution in [0.3, 0.4) is 0 Å². The maximum absolute atomic E-state index is 12.0. The van der Waals surface area contributed by atoms with Crippen molar-refractivity contribution in [1.82, 2.24) is 0 Å². The van der Waals surface area contributed by atoms with E-state index in [4.69, 9.17) is 5.73 Å². The van der Waals surface area contributed by atoms with Gasteiger partial charge in [0, 0.05) is 17.6 Å². The van der Waals surface area contributed by atoms with Gasteiger partial charge in [-0.05, 0) is 55.4 Å². The summed E-state index contributed by atoms with van der Waals surface area (Å²) in [6.07, 6.45) is 5.88. The molecule has 0 bridgehead atoms. The molecule has 0 spiro atoms. The second kappa shape index (κ2) is 6.96. The van der Waals surface area contributed by atoms with Crippen LogP contribution in [-0.4, -0.2) is 24.0 Å². The highest BCUT2D eigenvalue weighted by Gasteiger charge is 2.27. The van der Waals surface area contributed by atoms with Crippen molar-refractivity contribution < 1.29 is 4.79 Å². The second-order valence-corrected chi connectivity index (χ2v) is 6.18.